The second-order valence-corrected chi connectivity index (χ2v) is 2.98. The van der Waals surface area contributed by atoms with Crippen LogP contribution in [0.2, 0.25) is 0 Å². The van der Waals surface area contributed by atoms with Crippen molar-refractivity contribution in [3.63, 3.8) is 0 Å². The molecule has 0 amide bonds. The van der Waals surface area contributed by atoms with Crippen molar-refractivity contribution in [2.75, 3.05) is 0 Å². The smallest absolute Gasteiger partial charge is 0.162 e. The Hall–Kier alpha value is -0.0800. The molecule has 0 aliphatic carbocycles. The zero-order chi connectivity index (χ0) is 5.78. The molecule has 0 saturated carbocycles. The van der Waals surface area contributed by atoms with Gasteiger partial charge in [0.2, 0.25) is 0 Å². The predicted octanol–water partition coefficient (Wildman–Crippen LogP) is 1.13. The largest absolute Gasteiger partial charge is 0.272 e. The van der Waals surface area contributed by atoms with Gasteiger partial charge >= 0.3 is 0 Å². The molecule has 2 nitrogen and oxygen atoms in total. The monoisotopic (exact) mass is 113 g/mol. The minimum absolute atomic E-state index is 0.166. The van der Waals surface area contributed by atoms with Gasteiger partial charge in [0, 0.05) is 6.04 Å². The zero-order valence-corrected chi connectivity index (χ0v) is 5.35. The van der Waals surface area contributed by atoms with Crippen LogP contribution in [0.15, 0.2) is 0 Å². The van der Waals surface area contributed by atoms with Crippen molar-refractivity contribution in [3.05, 3.63) is 0 Å². The third kappa shape index (κ3) is 0.400. The molecule has 0 aromatic heterocycles. The zero-order valence-electron chi connectivity index (χ0n) is 5.35. The van der Waals surface area contributed by atoms with E-state index < -0.39 is 0 Å². The highest BCUT2D eigenvalue weighted by atomic mass is 16.9. The van der Waals surface area contributed by atoms with Crippen LogP contribution in [-0.4, -0.2) is 16.8 Å². The third-order valence-corrected chi connectivity index (χ3v) is 2.16. The Labute approximate surface area is 49.4 Å². The summed E-state index contributed by atoms with van der Waals surface area (Å²) in [6, 6.07) is 0.667. The minimum Gasteiger partial charge on any atom is -0.272 e. The van der Waals surface area contributed by atoms with E-state index in [1.54, 1.807) is 0 Å². The van der Waals surface area contributed by atoms with Crippen molar-refractivity contribution in [2.24, 2.45) is 0 Å². The van der Waals surface area contributed by atoms with Gasteiger partial charge in [0.05, 0.1) is 0 Å². The maximum absolute atomic E-state index is 5.29. The lowest BCUT2D eigenvalue weighted by molar-refractivity contribution is 0.133. The van der Waals surface area contributed by atoms with Gasteiger partial charge in [0.25, 0.3) is 0 Å². The van der Waals surface area contributed by atoms with Gasteiger partial charge < -0.3 is 0 Å². The van der Waals surface area contributed by atoms with Crippen molar-refractivity contribution >= 4 is 0 Å². The standard InChI is InChI=1S/C6H11NO/c1-5-3-4-6(2)7(5)8-6/h5H,3-4H2,1-2H3/t5-,6+,7?/m0/s1. The summed E-state index contributed by atoms with van der Waals surface area (Å²) in [5.74, 6) is 0. The Kier molecular flexibility index (Phi) is 0.649. The van der Waals surface area contributed by atoms with Gasteiger partial charge in [-0.1, -0.05) is 0 Å². The van der Waals surface area contributed by atoms with E-state index in [-0.39, 0.29) is 5.72 Å². The van der Waals surface area contributed by atoms with Gasteiger partial charge in [0.1, 0.15) is 0 Å². The van der Waals surface area contributed by atoms with Crippen LogP contribution in [0.4, 0.5) is 0 Å². The Morgan fingerprint density at radius 3 is 2.62 bits per heavy atom. The van der Waals surface area contributed by atoms with E-state index in [0.29, 0.717) is 6.04 Å². The Morgan fingerprint density at radius 1 is 1.75 bits per heavy atom. The number of nitrogens with zero attached hydrogens (tertiary/aromatic N) is 1. The van der Waals surface area contributed by atoms with E-state index in [4.69, 9.17) is 4.84 Å². The maximum Gasteiger partial charge on any atom is 0.162 e. The van der Waals surface area contributed by atoms with Gasteiger partial charge in [-0.2, -0.15) is 5.06 Å². The van der Waals surface area contributed by atoms with E-state index in [1.807, 2.05) is 0 Å². The quantitative estimate of drug-likeness (QED) is 0.438. The molecule has 0 aromatic carbocycles. The number of rotatable bonds is 0. The summed E-state index contributed by atoms with van der Waals surface area (Å²) in [6.07, 6.45) is 2.52. The van der Waals surface area contributed by atoms with Crippen molar-refractivity contribution < 1.29 is 4.84 Å². The molecule has 0 spiro atoms. The highest BCUT2D eigenvalue weighted by molar-refractivity contribution is 4.93. The van der Waals surface area contributed by atoms with E-state index >= 15 is 0 Å². The van der Waals surface area contributed by atoms with E-state index in [0.717, 1.165) is 0 Å². The molecule has 3 atom stereocenters. The van der Waals surface area contributed by atoms with Crippen molar-refractivity contribution in [2.45, 2.75) is 38.5 Å². The second-order valence-electron chi connectivity index (χ2n) is 2.98. The lowest BCUT2D eigenvalue weighted by atomic mass is 10.2. The summed E-state index contributed by atoms with van der Waals surface area (Å²) < 4.78 is 0. The molecular formula is C6H11NO. The van der Waals surface area contributed by atoms with Crippen LogP contribution >= 0.6 is 0 Å². The van der Waals surface area contributed by atoms with Crippen molar-refractivity contribution in [3.8, 4) is 0 Å². The molecule has 8 heavy (non-hydrogen) atoms. The van der Waals surface area contributed by atoms with E-state index in [1.165, 1.54) is 12.8 Å². The molecule has 2 rings (SSSR count). The molecule has 0 bridgehead atoms. The first-order valence-corrected chi connectivity index (χ1v) is 3.21. The second kappa shape index (κ2) is 1.09. The number of hydrogen-bond donors (Lipinski definition) is 0. The fraction of sp³-hybridized carbons (Fsp3) is 1.00. The van der Waals surface area contributed by atoms with Crippen LogP contribution in [0.5, 0.6) is 0 Å². The van der Waals surface area contributed by atoms with Gasteiger partial charge in [-0.05, 0) is 26.7 Å². The first-order valence-electron chi connectivity index (χ1n) is 3.21. The lowest BCUT2D eigenvalue weighted by Gasteiger charge is -1.98. The summed E-state index contributed by atoms with van der Waals surface area (Å²) in [5.41, 5.74) is 0.166. The number of fused-ring (bicyclic) bond motifs is 1. The fourth-order valence-corrected chi connectivity index (χ4v) is 1.50. The van der Waals surface area contributed by atoms with Crippen LogP contribution in [-0.2, 0) is 4.84 Å². The normalized spacial score (nSPS) is 60.8. The van der Waals surface area contributed by atoms with Crippen LogP contribution in [0.25, 0.3) is 0 Å². The van der Waals surface area contributed by atoms with Crippen LogP contribution < -0.4 is 0 Å². The molecule has 0 N–H and O–H groups in total. The highest BCUT2D eigenvalue weighted by Crippen LogP contribution is 2.47. The van der Waals surface area contributed by atoms with E-state index in [9.17, 15) is 0 Å². The topological polar surface area (TPSA) is 15.5 Å². The first-order chi connectivity index (χ1) is 3.72. The average molecular weight is 113 g/mol. The SMILES string of the molecule is C[C@H]1CC[C@@]2(C)ON12. The average Bonchev–Trinajstić information content (AvgIpc) is 2.32. The van der Waals surface area contributed by atoms with Crippen molar-refractivity contribution in [1.82, 2.24) is 5.06 Å². The van der Waals surface area contributed by atoms with Crippen LogP contribution in [0, 0.1) is 0 Å². The molecule has 46 valence electrons. The fourth-order valence-electron chi connectivity index (χ4n) is 1.50. The first kappa shape index (κ1) is 4.77. The molecule has 0 radical (unpaired) electrons. The molecule has 2 saturated heterocycles. The van der Waals surface area contributed by atoms with Gasteiger partial charge in [-0.15, -0.1) is 0 Å². The minimum atomic E-state index is 0.166. The van der Waals surface area contributed by atoms with Crippen molar-refractivity contribution in [1.29, 1.82) is 0 Å². The summed E-state index contributed by atoms with van der Waals surface area (Å²) in [6.45, 7) is 4.36. The van der Waals surface area contributed by atoms with E-state index in [2.05, 4.69) is 18.9 Å². The van der Waals surface area contributed by atoms with Crippen LogP contribution in [0.3, 0.4) is 0 Å². The Morgan fingerprint density at radius 2 is 2.50 bits per heavy atom. The molecule has 2 fully saturated rings. The molecular weight excluding hydrogens is 102 g/mol. The summed E-state index contributed by atoms with van der Waals surface area (Å²) >= 11 is 0. The van der Waals surface area contributed by atoms with Crippen LogP contribution in [0.1, 0.15) is 26.7 Å². The number of hydrogen-bond acceptors (Lipinski definition) is 2. The molecule has 1 unspecified atom stereocenters. The summed E-state index contributed by atoms with van der Waals surface area (Å²) in [7, 11) is 0. The number of hydroxylamine groups is 2. The Bertz CT molecular complexity index is 126. The predicted molar refractivity (Wildman–Crippen MR) is 30.0 cm³/mol. The Balaban J connectivity index is 2.15. The molecule has 0 aromatic rings. The molecule has 2 heterocycles. The van der Waals surface area contributed by atoms with Gasteiger partial charge in [0.15, 0.2) is 5.72 Å². The highest BCUT2D eigenvalue weighted by Gasteiger charge is 2.57. The molecule has 2 heteroatoms. The third-order valence-electron chi connectivity index (χ3n) is 2.16. The molecule has 2 aliphatic rings. The maximum atomic E-state index is 5.29. The van der Waals surface area contributed by atoms with Gasteiger partial charge in [-0.3, -0.25) is 4.84 Å². The van der Waals surface area contributed by atoms with Gasteiger partial charge in [-0.25, -0.2) is 0 Å². The lowest BCUT2D eigenvalue weighted by Crippen LogP contribution is -2.10. The molecule has 2 aliphatic heterocycles. The summed E-state index contributed by atoms with van der Waals surface area (Å²) in [5, 5.41) is 2.09. The summed E-state index contributed by atoms with van der Waals surface area (Å²) in [4.78, 5) is 5.29.